The summed E-state index contributed by atoms with van der Waals surface area (Å²) in [5.41, 5.74) is 0.830. The third-order valence-electron chi connectivity index (χ3n) is 2.38. The van der Waals surface area contributed by atoms with Crippen molar-refractivity contribution in [1.82, 2.24) is 14.8 Å². The van der Waals surface area contributed by atoms with Crippen LogP contribution in [0.25, 0.3) is 11.4 Å². The van der Waals surface area contributed by atoms with Crippen LogP contribution in [0.3, 0.4) is 0 Å². The van der Waals surface area contributed by atoms with Crippen molar-refractivity contribution in [2.45, 2.75) is 19.9 Å². The molecule has 0 radical (unpaired) electrons. The summed E-state index contributed by atoms with van der Waals surface area (Å²) in [5, 5.41) is 8.18. The second-order valence-corrected chi connectivity index (χ2v) is 4.86. The Morgan fingerprint density at radius 2 is 2.18 bits per heavy atom. The first-order valence-corrected chi connectivity index (χ1v) is 6.40. The Balaban J connectivity index is 2.56. The van der Waals surface area contributed by atoms with Crippen molar-refractivity contribution in [3.63, 3.8) is 0 Å². The van der Waals surface area contributed by atoms with Crippen molar-refractivity contribution in [3.8, 4) is 11.4 Å². The predicted molar refractivity (Wildman–Crippen MR) is 73.2 cm³/mol. The number of hydrogen-bond acceptors (Lipinski definition) is 2. The van der Waals surface area contributed by atoms with E-state index in [4.69, 9.17) is 35.4 Å². The fourth-order valence-electron chi connectivity index (χ4n) is 1.63. The number of halogens is 2. The van der Waals surface area contributed by atoms with Gasteiger partial charge in [-0.3, -0.25) is 5.10 Å². The fraction of sp³-hybridized carbons (Fsp3) is 0.273. The first-order valence-electron chi connectivity index (χ1n) is 5.24. The van der Waals surface area contributed by atoms with E-state index in [-0.39, 0.29) is 0 Å². The summed E-state index contributed by atoms with van der Waals surface area (Å²) in [4.78, 5) is 0. The van der Waals surface area contributed by atoms with Crippen molar-refractivity contribution >= 4 is 35.4 Å². The lowest BCUT2D eigenvalue weighted by Crippen LogP contribution is -2.00. The van der Waals surface area contributed by atoms with Gasteiger partial charge in [0.2, 0.25) is 0 Å². The van der Waals surface area contributed by atoms with Crippen LogP contribution in [0, 0.1) is 4.77 Å². The minimum Gasteiger partial charge on any atom is -0.300 e. The van der Waals surface area contributed by atoms with E-state index in [1.807, 2.05) is 10.6 Å². The molecule has 0 aliphatic heterocycles. The summed E-state index contributed by atoms with van der Waals surface area (Å²) in [6.45, 7) is 2.89. The lowest BCUT2D eigenvalue weighted by Gasteiger charge is -2.06. The number of benzene rings is 1. The predicted octanol–water partition coefficient (Wildman–Crippen LogP) is 4.32. The maximum absolute atomic E-state index is 6.16. The molecule has 2 rings (SSSR count). The maximum Gasteiger partial charge on any atom is 0.195 e. The number of nitrogens with zero attached hydrogens (tertiary/aromatic N) is 2. The zero-order chi connectivity index (χ0) is 12.4. The quantitative estimate of drug-likeness (QED) is 0.853. The monoisotopic (exact) mass is 287 g/mol. The highest BCUT2D eigenvalue weighted by molar-refractivity contribution is 7.71. The largest absolute Gasteiger partial charge is 0.300 e. The SMILES string of the molecule is CCCn1c(-c2ccc(Cl)cc2Cl)n[nH]c1=S. The van der Waals surface area contributed by atoms with E-state index in [1.165, 1.54) is 0 Å². The van der Waals surface area contributed by atoms with E-state index in [0.29, 0.717) is 14.8 Å². The molecule has 1 aromatic heterocycles. The minimum atomic E-state index is 0.573. The summed E-state index contributed by atoms with van der Waals surface area (Å²) >= 11 is 17.2. The lowest BCUT2D eigenvalue weighted by atomic mass is 10.2. The molecule has 0 aliphatic carbocycles. The van der Waals surface area contributed by atoms with Gasteiger partial charge >= 0.3 is 0 Å². The van der Waals surface area contributed by atoms with Crippen LogP contribution in [0.2, 0.25) is 10.0 Å². The highest BCUT2D eigenvalue weighted by atomic mass is 35.5. The molecular formula is C11H11Cl2N3S. The smallest absolute Gasteiger partial charge is 0.195 e. The Morgan fingerprint density at radius 1 is 1.41 bits per heavy atom. The van der Waals surface area contributed by atoms with Crippen molar-refractivity contribution in [3.05, 3.63) is 33.0 Å². The van der Waals surface area contributed by atoms with E-state index >= 15 is 0 Å². The standard InChI is InChI=1S/C11H11Cl2N3S/c1-2-5-16-10(14-15-11(16)17)8-4-3-7(12)6-9(8)13/h3-4,6H,2,5H2,1H3,(H,15,17). The maximum atomic E-state index is 6.16. The summed E-state index contributed by atoms with van der Waals surface area (Å²) in [6, 6.07) is 5.34. The van der Waals surface area contributed by atoms with Crippen LogP contribution in [-0.4, -0.2) is 14.8 Å². The molecule has 0 aliphatic rings. The summed E-state index contributed by atoms with van der Waals surface area (Å²) in [5.74, 6) is 0.749. The molecule has 0 fully saturated rings. The van der Waals surface area contributed by atoms with Crippen LogP contribution < -0.4 is 0 Å². The van der Waals surface area contributed by atoms with Gasteiger partial charge in [0.25, 0.3) is 0 Å². The second-order valence-electron chi connectivity index (χ2n) is 3.63. The molecule has 0 bridgehead atoms. The molecule has 0 spiro atoms. The third kappa shape index (κ3) is 2.54. The lowest BCUT2D eigenvalue weighted by molar-refractivity contribution is 0.675. The molecule has 1 aromatic carbocycles. The van der Waals surface area contributed by atoms with Crippen LogP contribution in [0.5, 0.6) is 0 Å². The zero-order valence-corrected chi connectivity index (χ0v) is 11.5. The molecule has 17 heavy (non-hydrogen) atoms. The van der Waals surface area contributed by atoms with Crippen LogP contribution in [-0.2, 0) is 6.54 Å². The van der Waals surface area contributed by atoms with Gasteiger partial charge in [-0.1, -0.05) is 30.1 Å². The molecule has 1 heterocycles. The van der Waals surface area contributed by atoms with E-state index < -0.39 is 0 Å². The second kappa shape index (κ2) is 5.21. The van der Waals surface area contributed by atoms with Gasteiger partial charge in [-0.15, -0.1) is 0 Å². The van der Waals surface area contributed by atoms with Crippen LogP contribution in [0.15, 0.2) is 18.2 Å². The molecule has 0 amide bonds. The molecule has 1 N–H and O–H groups in total. The first-order chi connectivity index (χ1) is 8.13. The minimum absolute atomic E-state index is 0.573. The normalized spacial score (nSPS) is 10.8. The van der Waals surface area contributed by atoms with Gasteiger partial charge in [-0.2, -0.15) is 5.10 Å². The van der Waals surface area contributed by atoms with Gasteiger partial charge in [0.05, 0.1) is 5.02 Å². The van der Waals surface area contributed by atoms with E-state index in [9.17, 15) is 0 Å². The van der Waals surface area contributed by atoms with Gasteiger partial charge < -0.3 is 4.57 Å². The number of nitrogens with one attached hydrogen (secondary N) is 1. The van der Waals surface area contributed by atoms with E-state index in [2.05, 4.69) is 17.1 Å². The van der Waals surface area contributed by atoms with Gasteiger partial charge in [-0.05, 0) is 36.8 Å². The van der Waals surface area contributed by atoms with E-state index in [1.54, 1.807) is 12.1 Å². The average Bonchev–Trinajstić information content (AvgIpc) is 2.62. The highest BCUT2D eigenvalue weighted by Crippen LogP contribution is 2.29. The van der Waals surface area contributed by atoms with Crippen molar-refractivity contribution in [2.24, 2.45) is 0 Å². The molecule has 3 nitrogen and oxygen atoms in total. The summed E-state index contributed by atoms with van der Waals surface area (Å²) in [6.07, 6.45) is 0.978. The summed E-state index contributed by atoms with van der Waals surface area (Å²) < 4.78 is 2.54. The van der Waals surface area contributed by atoms with Gasteiger partial charge in [0.1, 0.15) is 0 Å². The molecular weight excluding hydrogens is 277 g/mol. The summed E-state index contributed by atoms with van der Waals surface area (Å²) in [7, 11) is 0. The van der Waals surface area contributed by atoms with Crippen LogP contribution in [0.4, 0.5) is 0 Å². The number of aromatic nitrogens is 3. The number of hydrogen-bond donors (Lipinski definition) is 1. The molecule has 0 saturated carbocycles. The average molecular weight is 288 g/mol. The molecule has 2 aromatic rings. The van der Waals surface area contributed by atoms with Crippen LogP contribution >= 0.6 is 35.4 Å². The Bertz CT molecular complexity index is 589. The van der Waals surface area contributed by atoms with Crippen molar-refractivity contribution < 1.29 is 0 Å². The topological polar surface area (TPSA) is 33.6 Å². The van der Waals surface area contributed by atoms with E-state index in [0.717, 1.165) is 24.4 Å². The van der Waals surface area contributed by atoms with Gasteiger partial charge in [0.15, 0.2) is 10.6 Å². The van der Waals surface area contributed by atoms with Crippen molar-refractivity contribution in [2.75, 3.05) is 0 Å². The molecule has 0 unspecified atom stereocenters. The number of rotatable bonds is 3. The fourth-order valence-corrected chi connectivity index (χ4v) is 2.34. The Hall–Kier alpha value is -0.840. The third-order valence-corrected chi connectivity index (χ3v) is 3.24. The first kappa shape index (κ1) is 12.6. The van der Waals surface area contributed by atoms with Gasteiger partial charge in [-0.25, -0.2) is 0 Å². The molecule has 0 saturated heterocycles. The number of aromatic amines is 1. The molecule has 0 atom stereocenters. The molecule has 6 heteroatoms. The zero-order valence-electron chi connectivity index (χ0n) is 9.20. The van der Waals surface area contributed by atoms with Crippen molar-refractivity contribution in [1.29, 1.82) is 0 Å². The van der Waals surface area contributed by atoms with Gasteiger partial charge in [0, 0.05) is 17.1 Å². The Morgan fingerprint density at radius 3 is 2.82 bits per heavy atom. The molecule has 90 valence electrons. The Labute approximate surface area is 114 Å². The van der Waals surface area contributed by atoms with Crippen LogP contribution in [0.1, 0.15) is 13.3 Å². The highest BCUT2D eigenvalue weighted by Gasteiger charge is 2.11. The Kier molecular flexibility index (Phi) is 3.86. The number of H-pyrrole nitrogens is 1.